The van der Waals surface area contributed by atoms with E-state index in [9.17, 15) is 4.79 Å². The lowest BCUT2D eigenvalue weighted by molar-refractivity contribution is 0.0600. The number of hydrogen-bond acceptors (Lipinski definition) is 4. The summed E-state index contributed by atoms with van der Waals surface area (Å²) < 4.78 is 9.38. The van der Waals surface area contributed by atoms with Crippen LogP contribution in [0.4, 0.5) is 0 Å². The third-order valence-electron chi connectivity index (χ3n) is 2.10. The fraction of sp³-hybridized carbons (Fsp3) is 0.0909. The van der Waals surface area contributed by atoms with Crippen LogP contribution in [0.1, 0.15) is 10.4 Å². The number of ether oxygens (including phenoxy) is 1. The normalized spacial score (nSPS) is 10.1. The number of rotatable bonds is 2. The van der Waals surface area contributed by atoms with Crippen molar-refractivity contribution in [2.75, 3.05) is 7.11 Å². The predicted molar refractivity (Wildman–Crippen MR) is 58.3 cm³/mol. The van der Waals surface area contributed by atoms with Gasteiger partial charge >= 0.3 is 5.97 Å². The van der Waals surface area contributed by atoms with Gasteiger partial charge < -0.3 is 9.26 Å². The Bertz CT molecular complexity index is 521. The van der Waals surface area contributed by atoms with Crippen LogP contribution in [0.25, 0.3) is 11.3 Å². The second-order valence-corrected chi connectivity index (χ2v) is 3.46. The van der Waals surface area contributed by atoms with Gasteiger partial charge in [0.1, 0.15) is 17.5 Å². The minimum atomic E-state index is -0.504. The second kappa shape index (κ2) is 4.37. The Labute approximate surface area is 96.8 Å². The van der Waals surface area contributed by atoms with E-state index in [0.717, 1.165) is 0 Å². The maximum absolute atomic E-state index is 11.4. The summed E-state index contributed by atoms with van der Waals surface area (Å²) in [5.41, 5.74) is 1.28. The number of methoxy groups -OCH3 is 1. The molecule has 0 unspecified atom stereocenters. The van der Waals surface area contributed by atoms with E-state index in [1.807, 2.05) is 0 Å². The molecule has 2 aromatic rings. The van der Waals surface area contributed by atoms with Crippen molar-refractivity contribution in [2.45, 2.75) is 0 Å². The van der Waals surface area contributed by atoms with E-state index in [1.165, 1.54) is 13.4 Å². The number of carbonyl (C=O) groups excluding carboxylic acids is 1. The van der Waals surface area contributed by atoms with Crippen molar-refractivity contribution in [3.8, 4) is 11.3 Å². The molecule has 0 N–H and O–H groups in total. The van der Waals surface area contributed by atoms with Crippen molar-refractivity contribution in [1.82, 2.24) is 5.16 Å². The van der Waals surface area contributed by atoms with Gasteiger partial charge in [0.25, 0.3) is 0 Å². The minimum Gasteiger partial charge on any atom is -0.465 e. The molecule has 1 heterocycles. The van der Waals surface area contributed by atoms with Crippen LogP contribution < -0.4 is 0 Å². The number of benzene rings is 1. The van der Waals surface area contributed by atoms with Gasteiger partial charge in [-0.1, -0.05) is 35.0 Å². The molecule has 0 bridgehead atoms. The molecule has 0 amide bonds. The van der Waals surface area contributed by atoms with E-state index in [2.05, 4.69) is 9.89 Å². The molecule has 0 aliphatic carbocycles. The molecule has 2 rings (SSSR count). The maximum Gasteiger partial charge on any atom is 0.343 e. The van der Waals surface area contributed by atoms with Gasteiger partial charge in [-0.15, -0.1) is 0 Å². The SMILES string of the molecule is COC(=O)c1conc1-c1ccccc1Cl. The van der Waals surface area contributed by atoms with Crippen LogP contribution in [0.5, 0.6) is 0 Å². The molecule has 0 radical (unpaired) electrons. The number of esters is 1. The van der Waals surface area contributed by atoms with Crippen LogP contribution in [0.15, 0.2) is 35.1 Å². The molecule has 0 saturated carbocycles. The third-order valence-corrected chi connectivity index (χ3v) is 2.43. The zero-order chi connectivity index (χ0) is 11.5. The second-order valence-electron chi connectivity index (χ2n) is 3.05. The van der Waals surface area contributed by atoms with Crippen LogP contribution in [0.3, 0.4) is 0 Å². The lowest BCUT2D eigenvalue weighted by atomic mass is 10.1. The molecule has 0 saturated heterocycles. The summed E-state index contributed by atoms with van der Waals surface area (Å²) in [4.78, 5) is 11.4. The van der Waals surface area contributed by atoms with Gasteiger partial charge in [0, 0.05) is 5.56 Å². The molecule has 0 aliphatic rings. The monoisotopic (exact) mass is 237 g/mol. The standard InChI is InChI=1S/C11H8ClNO3/c1-15-11(14)8-6-16-13-10(8)7-4-2-3-5-9(7)12/h2-6H,1H3. The van der Waals surface area contributed by atoms with Crippen molar-refractivity contribution in [2.24, 2.45) is 0 Å². The van der Waals surface area contributed by atoms with Gasteiger partial charge in [0.2, 0.25) is 0 Å². The maximum atomic E-state index is 11.4. The molecular weight excluding hydrogens is 230 g/mol. The minimum absolute atomic E-state index is 0.260. The highest BCUT2D eigenvalue weighted by Crippen LogP contribution is 2.29. The van der Waals surface area contributed by atoms with Crippen LogP contribution >= 0.6 is 11.6 Å². The Morgan fingerprint density at radius 2 is 2.19 bits per heavy atom. The molecule has 5 heteroatoms. The van der Waals surface area contributed by atoms with Gasteiger partial charge in [-0.05, 0) is 6.07 Å². The Balaban J connectivity index is 2.53. The Hall–Kier alpha value is -1.81. The van der Waals surface area contributed by atoms with Crippen molar-refractivity contribution < 1.29 is 14.1 Å². The van der Waals surface area contributed by atoms with Gasteiger partial charge in [-0.25, -0.2) is 4.79 Å². The van der Waals surface area contributed by atoms with Gasteiger partial charge in [-0.2, -0.15) is 0 Å². The van der Waals surface area contributed by atoms with E-state index in [4.69, 9.17) is 16.1 Å². The molecule has 0 spiro atoms. The van der Waals surface area contributed by atoms with Gasteiger partial charge in [-0.3, -0.25) is 0 Å². The lowest BCUT2D eigenvalue weighted by Crippen LogP contribution is -2.01. The summed E-state index contributed by atoms with van der Waals surface area (Å²) in [6, 6.07) is 7.07. The van der Waals surface area contributed by atoms with E-state index in [0.29, 0.717) is 16.3 Å². The number of halogens is 1. The highest BCUT2D eigenvalue weighted by atomic mass is 35.5. The van der Waals surface area contributed by atoms with Crippen molar-refractivity contribution >= 4 is 17.6 Å². The number of carbonyl (C=O) groups is 1. The highest BCUT2D eigenvalue weighted by Gasteiger charge is 2.19. The summed E-state index contributed by atoms with van der Waals surface area (Å²) in [5, 5.41) is 4.26. The molecule has 0 atom stereocenters. The zero-order valence-electron chi connectivity index (χ0n) is 8.44. The van der Waals surface area contributed by atoms with Gasteiger partial charge in [0.15, 0.2) is 0 Å². The molecule has 0 fully saturated rings. The fourth-order valence-electron chi connectivity index (χ4n) is 1.34. The molecule has 0 aliphatic heterocycles. The summed E-state index contributed by atoms with van der Waals surface area (Å²) in [6.07, 6.45) is 1.24. The zero-order valence-corrected chi connectivity index (χ0v) is 9.19. The average Bonchev–Trinajstić information content (AvgIpc) is 2.77. The number of hydrogen-bond donors (Lipinski definition) is 0. The van der Waals surface area contributed by atoms with E-state index >= 15 is 0 Å². The van der Waals surface area contributed by atoms with Crippen LogP contribution in [-0.2, 0) is 4.74 Å². The molecule has 4 nitrogen and oxygen atoms in total. The molecule has 82 valence electrons. The molecule has 1 aromatic carbocycles. The number of aromatic nitrogens is 1. The first-order valence-electron chi connectivity index (χ1n) is 4.51. The van der Waals surface area contributed by atoms with Crippen LogP contribution in [0.2, 0.25) is 5.02 Å². The summed E-state index contributed by atoms with van der Waals surface area (Å²) in [6.45, 7) is 0. The first kappa shape index (κ1) is 10.7. The lowest BCUT2D eigenvalue weighted by Gasteiger charge is -2.01. The largest absolute Gasteiger partial charge is 0.465 e. The molecular formula is C11H8ClNO3. The van der Waals surface area contributed by atoms with Gasteiger partial charge in [0.05, 0.1) is 12.1 Å². The van der Waals surface area contributed by atoms with Crippen molar-refractivity contribution in [1.29, 1.82) is 0 Å². The van der Waals surface area contributed by atoms with E-state index in [1.54, 1.807) is 24.3 Å². The molecule has 1 aromatic heterocycles. The first-order valence-corrected chi connectivity index (χ1v) is 4.89. The topological polar surface area (TPSA) is 52.3 Å². The smallest absolute Gasteiger partial charge is 0.343 e. The highest BCUT2D eigenvalue weighted by molar-refractivity contribution is 6.33. The van der Waals surface area contributed by atoms with Crippen LogP contribution in [-0.4, -0.2) is 18.2 Å². The average molecular weight is 238 g/mol. The van der Waals surface area contributed by atoms with E-state index < -0.39 is 5.97 Å². The fourth-order valence-corrected chi connectivity index (χ4v) is 1.56. The first-order chi connectivity index (χ1) is 7.74. The van der Waals surface area contributed by atoms with Crippen molar-refractivity contribution in [3.63, 3.8) is 0 Å². The Kier molecular flexibility index (Phi) is 2.92. The molecule has 16 heavy (non-hydrogen) atoms. The summed E-state index contributed by atoms with van der Waals surface area (Å²) >= 11 is 6.00. The Morgan fingerprint density at radius 1 is 1.44 bits per heavy atom. The summed E-state index contributed by atoms with van der Waals surface area (Å²) in [7, 11) is 1.30. The van der Waals surface area contributed by atoms with Crippen LogP contribution in [0, 0.1) is 0 Å². The van der Waals surface area contributed by atoms with Crippen molar-refractivity contribution in [3.05, 3.63) is 41.1 Å². The third kappa shape index (κ3) is 1.79. The summed E-state index contributed by atoms with van der Waals surface area (Å²) in [5.74, 6) is -0.504. The number of nitrogens with zero attached hydrogens (tertiary/aromatic N) is 1. The Morgan fingerprint density at radius 3 is 2.88 bits per heavy atom. The quantitative estimate of drug-likeness (QED) is 0.754. The van der Waals surface area contributed by atoms with E-state index in [-0.39, 0.29) is 5.56 Å². The predicted octanol–water partition coefficient (Wildman–Crippen LogP) is 2.78.